The van der Waals surface area contributed by atoms with E-state index in [1.807, 2.05) is 42.6 Å². The van der Waals surface area contributed by atoms with Gasteiger partial charge in [-0.3, -0.25) is 0 Å². The van der Waals surface area contributed by atoms with Gasteiger partial charge < -0.3 is 19.8 Å². The molecular weight excluding hydrogens is 288 g/mol. The van der Waals surface area contributed by atoms with Gasteiger partial charge in [-0.05, 0) is 29.8 Å². The lowest BCUT2D eigenvalue weighted by Gasteiger charge is -2.06. The van der Waals surface area contributed by atoms with Crippen molar-refractivity contribution in [2.75, 3.05) is 12.1 Å². The summed E-state index contributed by atoms with van der Waals surface area (Å²) in [4.78, 5) is 3.24. The molecule has 2 aromatic carbocycles. The molecule has 0 radical (unpaired) electrons. The summed E-state index contributed by atoms with van der Waals surface area (Å²) in [6.07, 6.45) is 2.00. The van der Waals surface area contributed by atoms with E-state index in [1.54, 1.807) is 0 Å². The minimum Gasteiger partial charge on any atom is -0.454 e. The molecule has 0 aliphatic carbocycles. The summed E-state index contributed by atoms with van der Waals surface area (Å²) >= 11 is 5.99. The summed E-state index contributed by atoms with van der Waals surface area (Å²) in [6.45, 7) is 1.02. The maximum absolute atomic E-state index is 5.99. The lowest BCUT2D eigenvalue weighted by atomic mass is 10.1. The number of nitrogens with one attached hydrogen (secondary N) is 2. The Bertz CT molecular complexity index is 813. The quantitative estimate of drug-likeness (QED) is 0.763. The third kappa shape index (κ3) is 2.28. The number of rotatable bonds is 3. The van der Waals surface area contributed by atoms with E-state index < -0.39 is 0 Å². The Balaban J connectivity index is 1.55. The van der Waals surface area contributed by atoms with Crippen molar-refractivity contribution < 1.29 is 9.47 Å². The van der Waals surface area contributed by atoms with Gasteiger partial charge in [0.15, 0.2) is 11.5 Å². The molecule has 0 atom stereocenters. The molecule has 21 heavy (non-hydrogen) atoms. The number of benzene rings is 2. The van der Waals surface area contributed by atoms with Crippen molar-refractivity contribution in [2.45, 2.75) is 6.54 Å². The Morgan fingerprint density at radius 3 is 2.95 bits per heavy atom. The molecule has 0 fully saturated rings. The summed E-state index contributed by atoms with van der Waals surface area (Å²) in [5.74, 6) is 1.58. The normalized spacial score (nSPS) is 12.8. The number of anilines is 1. The van der Waals surface area contributed by atoms with Gasteiger partial charge in [-0.15, -0.1) is 0 Å². The zero-order valence-electron chi connectivity index (χ0n) is 11.2. The molecule has 4 nitrogen and oxygen atoms in total. The number of fused-ring (bicyclic) bond motifs is 2. The summed E-state index contributed by atoms with van der Waals surface area (Å²) in [5.41, 5.74) is 3.24. The van der Waals surface area contributed by atoms with E-state index >= 15 is 0 Å². The average Bonchev–Trinajstić information content (AvgIpc) is 3.10. The Hall–Kier alpha value is -2.33. The highest BCUT2D eigenvalue weighted by atomic mass is 35.5. The van der Waals surface area contributed by atoms with Crippen LogP contribution in [-0.4, -0.2) is 11.8 Å². The average molecular weight is 301 g/mol. The summed E-state index contributed by atoms with van der Waals surface area (Å²) in [5, 5.41) is 5.30. The van der Waals surface area contributed by atoms with Gasteiger partial charge in [0.05, 0.1) is 0 Å². The zero-order valence-corrected chi connectivity index (χ0v) is 11.9. The molecule has 1 aliphatic rings. The fourth-order valence-corrected chi connectivity index (χ4v) is 2.68. The zero-order chi connectivity index (χ0) is 14.2. The van der Waals surface area contributed by atoms with Crippen molar-refractivity contribution in [1.29, 1.82) is 0 Å². The molecule has 0 saturated carbocycles. The molecular formula is C16H13ClN2O2. The van der Waals surface area contributed by atoms with Gasteiger partial charge >= 0.3 is 0 Å². The number of H-pyrrole nitrogens is 1. The Kier molecular flexibility index (Phi) is 2.89. The molecule has 2 heterocycles. The Morgan fingerprint density at radius 1 is 1.10 bits per heavy atom. The molecule has 1 aliphatic heterocycles. The van der Waals surface area contributed by atoms with Crippen LogP contribution in [0.15, 0.2) is 42.6 Å². The molecule has 0 amide bonds. The number of aromatic nitrogens is 1. The lowest BCUT2D eigenvalue weighted by molar-refractivity contribution is 0.174. The van der Waals surface area contributed by atoms with Crippen LogP contribution in [-0.2, 0) is 6.54 Å². The second kappa shape index (κ2) is 4.90. The van der Waals surface area contributed by atoms with Crippen molar-refractivity contribution in [2.24, 2.45) is 0 Å². The topological polar surface area (TPSA) is 46.3 Å². The SMILES string of the molecule is Clc1ccc2c(CNc3ccc4c(c3)OCO4)c[nH]c2c1. The van der Waals surface area contributed by atoms with E-state index in [0.29, 0.717) is 6.79 Å². The van der Waals surface area contributed by atoms with Crippen LogP contribution in [0.3, 0.4) is 0 Å². The number of hydrogen-bond donors (Lipinski definition) is 2. The minimum absolute atomic E-state index is 0.294. The minimum atomic E-state index is 0.294. The number of aromatic amines is 1. The van der Waals surface area contributed by atoms with E-state index in [1.165, 1.54) is 10.9 Å². The van der Waals surface area contributed by atoms with Gasteiger partial charge in [0.25, 0.3) is 0 Å². The molecule has 1 aromatic heterocycles. The fraction of sp³-hybridized carbons (Fsp3) is 0.125. The van der Waals surface area contributed by atoms with Crippen molar-refractivity contribution in [3.63, 3.8) is 0 Å². The molecule has 2 N–H and O–H groups in total. The van der Waals surface area contributed by atoms with E-state index in [4.69, 9.17) is 21.1 Å². The van der Waals surface area contributed by atoms with E-state index in [-0.39, 0.29) is 0 Å². The van der Waals surface area contributed by atoms with Crippen LogP contribution in [0.25, 0.3) is 10.9 Å². The predicted octanol–water partition coefficient (Wildman–Crippen LogP) is 4.16. The van der Waals surface area contributed by atoms with Gasteiger partial charge in [0, 0.05) is 40.4 Å². The largest absolute Gasteiger partial charge is 0.454 e. The standard InChI is InChI=1S/C16H13ClN2O2/c17-11-1-3-13-10(8-19-14(13)5-11)7-18-12-2-4-15-16(6-12)21-9-20-15/h1-6,8,18-19H,7,9H2. The second-order valence-electron chi connectivity index (χ2n) is 4.93. The first-order valence-corrected chi connectivity index (χ1v) is 7.06. The van der Waals surface area contributed by atoms with Crippen LogP contribution >= 0.6 is 11.6 Å². The molecule has 5 heteroatoms. The van der Waals surface area contributed by atoms with Crippen LogP contribution in [0.2, 0.25) is 5.02 Å². The van der Waals surface area contributed by atoms with Crippen LogP contribution < -0.4 is 14.8 Å². The lowest BCUT2D eigenvalue weighted by Crippen LogP contribution is -1.98. The van der Waals surface area contributed by atoms with Crippen LogP contribution in [0.1, 0.15) is 5.56 Å². The van der Waals surface area contributed by atoms with E-state index in [9.17, 15) is 0 Å². The Labute approximate surface area is 126 Å². The smallest absolute Gasteiger partial charge is 0.231 e. The summed E-state index contributed by atoms with van der Waals surface area (Å²) in [6, 6.07) is 11.7. The highest BCUT2D eigenvalue weighted by Gasteiger charge is 2.13. The first-order valence-electron chi connectivity index (χ1n) is 6.69. The van der Waals surface area contributed by atoms with Gasteiger partial charge in [0.2, 0.25) is 6.79 Å². The van der Waals surface area contributed by atoms with Gasteiger partial charge in [0.1, 0.15) is 0 Å². The predicted molar refractivity (Wildman–Crippen MR) is 83.2 cm³/mol. The third-order valence-electron chi connectivity index (χ3n) is 3.59. The van der Waals surface area contributed by atoms with Crippen LogP contribution in [0.4, 0.5) is 5.69 Å². The summed E-state index contributed by atoms with van der Waals surface area (Å²) in [7, 11) is 0. The molecule has 0 saturated heterocycles. The Morgan fingerprint density at radius 2 is 2.00 bits per heavy atom. The second-order valence-corrected chi connectivity index (χ2v) is 5.36. The molecule has 4 rings (SSSR count). The van der Waals surface area contributed by atoms with E-state index in [0.717, 1.165) is 34.3 Å². The van der Waals surface area contributed by atoms with Crippen LogP contribution in [0.5, 0.6) is 11.5 Å². The highest BCUT2D eigenvalue weighted by Crippen LogP contribution is 2.34. The number of ether oxygens (including phenoxy) is 2. The third-order valence-corrected chi connectivity index (χ3v) is 3.82. The van der Waals surface area contributed by atoms with Crippen molar-refractivity contribution in [3.05, 3.63) is 53.2 Å². The molecule has 0 bridgehead atoms. The van der Waals surface area contributed by atoms with Crippen LogP contribution in [0, 0.1) is 0 Å². The van der Waals surface area contributed by atoms with Gasteiger partial charge in [-0.1, -0.05) is 17.7 Å². The van der Waals surface area contributed by atoms with E-state index in [2.05, 4.69) is 10.3 Å². The maximum Gasteiger partial charge on any atom is 0.231 e. The number of hydrogen-bond acceptors (Lipinski definition) is 3. The monoisotopic (exact) mass is 300 g/mol. The number of halogens is 1. The fourth-order valence-electron chi connectivity index (χ4n) is 2.51. The van der Waals surface area contributed by atoms with Gasteiger partial charge in [-0.2, -0.15) is 0 Å². The molecule has 3 aromatic rings. The van der Waals surface area contributed by atoms with Crippen molar-refractivity contribution in [1.82, 2.24) is 4.98 Å². The first-order chi connectivity index (χ1) is 10.3. The molecule has 0 spiro atoms. The van der Waals surface area contributed by atoms with Crippen molar-refractivity contribution in [3.8, 4) is 11.5 Å². The maximum atomic E-state index is 5.99. The molecule has 0 unspecified atom stereocenters. The highest BCUT2D eigenvalue weighted by molar-refractivity contribution is 6.31. The van der Waals surface area contributed by atoms with Gasteiger partial charge in [-0.25, -0.2) is 0 Å². The summed E-state index contributed by atoms with van der Waals surface area (Å²) < 4.78 is 10.7. The first kappa shape index (κ1) is 12.4. The molecule has 106 valence electrons. The van der Waals surface area contributed by atoms with Crippen molar-refractivity contribution >= 4 is 28.2 Å².